The number of halogens is 3. The van der Waals surface area contributed by atoms with Gasteiger partial charge in [-0.3, -0.25) is 4.79 Å². The van der Waals surface area contributed by atoms with Crippen molar-refractivity contribution in [2.45, 2.75) is 69.6 Å². The molecule has 0 radical (unpaired) electrons. The predicted octanol–water partition coefficient (Wildman–Crippen LogP) is 7.61. The third kappa shape index (κ3) is 9.40. The predicted molar refractivity (Wildman–Crippen MR) is 150 cm³/mol. The molecule has 0 aliphatic rings. The van der Waals surface area contributed by atoms with Crippen LogP contribution in [0.1, 0.15) is 57.6 Å². The fraction of sp³-hybridized carbons (Fsp3) is 0.536. The molecule has 35 heavy (non-hydrogen) atoms. The van der Waals surface area contributed by atoms with Gasteiger partial charge in [0.2, 0.25) is 4.33 Å². The van der Waals surface area contributed by atoms with Crippen LogP contribution in [-0.4, -0.2) is 46.8 Å². The number of ether oxygens (including phenoxy) is 1. The van der Waals surface area contributed by atoms with Gasteiger partial charge in [-0.2, -0.15) is 0 Å². The average Bonchev–Trinajstić information content (AvgIpc) is 2.84. The Kier molecular flexibility index (Phi) is 12.5. The average molecular weight is 542 g/mol. The number of hydrogen-bond donors (Lipinski definition) is 0. The standard InChI is InChI=1S/C28H39Cl3N2O2/c1-5-7-17-32(18-8-6-2)25-13-11-24(12-14-25)21-33(27(34)28(30,31)23(4)29)19-20-35-26-15-9-22(3)10-16-26/h9-16,23H,5-8,17-21H2,1-4H3. The Morgan fingerprint density at radius 3 is 2.03 bits per heavy atom. The van der Waals surface area contributed by atoms with Gasteiger partial charge in [-0.05, 0) is 56.5 Å². The topological polar surface area (TPSA) is 32.8 Å². The van der Waals surface area contributed by atoms with Gasteiger partial charge in [-0.25, -0.2) is 0 Å². The van der Waals surface area contributed by atoms with Gasteiger partial charge in [-0.15, -0.1) is 11.6 Å². The highest BCUT2D eigenvalue weighted by Gasteiger charge is 2.42. The maximum atomic E-state index is 13.2. The summed E-state index contributed by atoms with van der Waals surface area (Å²) in [4.78, 5) is 17.3. The number of aryl methyl sites for hydroxylation is 1. The van der Waals surface area contributed by atoms with Crippen LogP contribution in [-0.2, 0) is 11.3 Å². The Hall–Kier alpha value is -1.62. The molecule has 0 fully saturated rings. The highest BCUT2D eigenvalue weighted by Crippen LogP contribution is 2.32. The molecule has 1 atom stereocenters. The summed E-state index contributed by atoms with van der Waals surface area (Å²) in [7, 11) is 0. The van der Waals surface area contributed by atoms with Gasteiger partial charge in [0.1, 0.15) is 12.4 Å². The fourth-order valence-electron chi connectivity index (χ4n) is 3.64. The summed E-state index contributed by atoms with van der Waals surface area (Å²) in [5, 5.41) is -0.744. The largest absolute Gasteiger partial charge is 0.492 e. The number of alkyl halides is 3. The van der Waals surface area contributed by atoms with E-state index in [-0.39, 0.29) is 0 Å². The number of amides is 1. The van der Waals surface area contributed by atoms with Crippen LogP contribution in [0.5, 0.6) is 5.75 Å². The lowest BCUT2D eigenvalue weighted by Crippen LogP contribution is -2.47. The van der Waals surface area contributed by atoms with Crippen LogP contribution < -0.4 is 9.64 Å². The Balaban J connectivity index is 2.13. The molecule has 0 saturated heterocycles. The monoisotopic (exact) mass is 540 g/mol. The molecule has 0 bridgehead atoms. The Morgan fingerprint density at radius 1 is 0.943 bits per heavy atom. The van der Waals surface area contributed by atoms with Gasteiger partial charge in [-0.1, -0.05) is 79.7 Å². The zero-order valence-corrected chi connectivity index (χ0v) is 23.7. The molecule has 0 aliphatic carbocycles. The van der Waals surface area contributed by atoms with Crippen LogP contribution in [0, 0.1) is 6.92 Å². The van der Waals surface area contributed by atoms with Gasteiger partial charge in [0.25, 0.3) is 5.91 Å². The summed E-state index contributed by atoms with van der Waals surface area (Å²) in [6, 6.07) is 16.2. The summed E-state index contributed by atoms with van der Waals surface area (Å²) in [5.41, 5.74) is 3.36. The highest BCUT2D eigenvalue weighted by molar-refractivity contribution is 6.61. The van der Waals surface area contributed by atoms with Crippen molar-refractivity contribution < 1.29 is 9.53 Å². The minimum Gasteiger partial charge on any atom is -0.492 e. The summed E-state index contributed by atoms with van der Waals surface area (Å²) in [5.74, 6) is 0.327. The Bertz CT molecular complexity index is 878. The minimum atomic E-state index is -1.72. The first-order valence-corrected chi connectivity index (χ1v) is 13.7. The maximum Gasteiger partial charge on any atom is 0.260 e. The van der Waals surface area contributed by atoms with Crippen LogP contribution in [0.25, 0.3) is 0 Å². The third-order valence-corrected chi connectivity index (χ3v) is 7.49. The number of anilines is 1. The van der Waals surface area contributed by atoms with Crippen LogP contribution in [0.4, 0.5) is 5.69 Å². The van der Waals surface area contributed by atoms with Crippen molar-refractivity contribution in [3.63, 3.8) is 0 Å². The molecule has 194 valence electrons. The Labute approximate surface area is 226 Å². The first kappa shape index (κ1) is 29.6. The lowest BCUT2D eigenvalue weighted by molar-refractivity contribution is -0.132. The molecule has 2 aromatic carbocycles. The molecular weight excluding hydrogens is 503 g/mol. The summed E-state index contributed by atoms with van der Waals surface area (Å²) < 4.78 is 4.14. The molecule has 1 unspecified atom stereocenters. The van der Waals surface area contributed by atoms with Crippen molar-refractivity contribution >= 4 is 46.4 Å². The molecule has 0 saturated carbocycles. The van der Waals surface area contributed by atoms with Gasteiger partial charge >= 0.3 is 0 Å². The van der Waals surface area contributed by atoms with E-state index in [1.807, 2.05) is 31.2 Å². The second-order valence-corrected chi connectivity index (χ2v) is 11.0. The van der Waals surface area contributed by atoms with Crippen molar-refractivity contribution in [2.75, 3.05) is 31.1 Å². The Morgan fingerprint density at radius 2 is 1.51 bits per heavy atom. The van der Waals surface area contributed by atoms with Crippen molar-refractivity contribution in [2.24, 2.45) is 0 Å². The normalized spacial score (nSPS) is 12.3. The number of benzene rings is 2. The fourth-order valence-corrected chi connectivity index (χ4v) is 3.97. The zero-order chi connectivity index (χ0) is 25.8. The first-order valence-electron chi connectivity index (χ1n) is 12.5. The molecule has 0 heterocycles. The summed E-state index contributed by atoms with van der Waals surface area (Å²) in [6.45, 7) is 11.2. The molecular formula is C28H39Cl3N2O2. The van der Waals surface area contributed by atoms with E-state index >= 15 is 0 Å². The van der Waals surface area contributed by atoms with Crippen LogP contribution in [0.15, 0.2) is 48.5 Å². The molecule has 1 amide bonds. The molecule has 7 heteroatoms. The number of hydrogen-bond acceptors (Lipinski definition) is 3. The summed E-state index contributed by atoms with van der Waals surface area (Å²) in [6.07, 6.45) is 4.66. The molecule has 0 aliphatic heterocycles. The number of rotatable bonds is 15. The number of carbonyl (C=O) groups excluding carboxylic acids is 1. The van der Waals surface area contributed by atoms with E-state index in [1.165, 1.54) is 31.4 Å². The van der Waals surface area contributed by atoms with E-state index in [2.05, 4.69) is 43.0 Å². The minimum absolute atomic E-state index is 0.315. The van der Waals surface area contributed by atoms with Gasteiger partial charge < -0.3 is 14.5 Å². The van der Waals surface area contributed by atoms with E-state index in [0.29, 0.717) is 19.7 Å². The second-order valence-electron chi connectivity index (χ2n) is 8.99. The quantitative estimate of drug-likeness (QED) is 0.218. The number of nitrogens with zero attached hydrogens (tertiary/aromatic N) is 2. The molecule has 0 spiro atoms. The van der Waals surface area contributed by atoms with E-state index in [0.717, 1.165) is 30.0 Å². The number of carbonyl (C=O) groups is 1. The van der Waals surface area contributed by atoms with Gasteiger partial charge in [0, 0.05) is 25.3 Å². The lowest BCUT2D eigenvalue weighted by Gasteiger charge is -2.30. The highest BCUT2D eigenvalue weighted by atomic mass is 35.5. The first-order chi connectivity index (χ1) is 16.7. The zero-order valence-electron chi connectivity index (χ0n) is 21.4. The smallest absolute Gasteiger partial charge is 0.260 e. The SMILES string of the molecule is CCCCN(CCCC)c1ccc(CN(CCOc2ccc(C)cc2)C(=O)C(Cl)(Cl)C(C)Cl)cc1. The second kappa shape index (κ2) is 14.8. The van der Waals surface area contributed by atoms with Crippen molar-refractivity contribution in [1.82, 2.24) is 4.90 Å². The van der Waals surface area contributed by atoms with Crippen molar-refractivity contribution in [3.8, 4) is 5.75 Å². The van der Waals surface area contributed by atoms with Crippen LogP contribution in [0.2, 0.25) is 0 Å². The molecule has 2 aromatic rings. The molecule has 2 rings (SSSR count). The van der Waals surface area contributed by atoms with E-state index < -0.39 is 15.6 Å². The maximum absolute atomic E-state index is 13.2. The van der Waals surface area contributed by atoms with Crippen LogP contribution in [0.3, 0.4) is 0 Å². The van der Waals surface area contributed by atoms with Crippen LogP contribution >= 0.6 is 34.8 Å². The molecule has 4 nitrogen and oxygen atoms in total. The van der Waals surface area contributed by atoms with E-state index in [9.17, 15) is 4.79 Å². The number of unbranched alkanes of at least 4 members (excludes halogenated alkanes) is 2. The third-order valence-electron chi connectivity index (χ3n) is 5.96. The van der Waals surface area contributed by atoms with E-state index in [4.69, 9.17) is 39.5 Å². The van der Waals surface area contributed by atoms with Gasteiger partial charge in [0.15, 0.2) is 0 Å². The van der Waals surface area contributed by atoms with E-state index in [1.54, 1.807) is 11.8 Å². The van der Waals surface area contributed by atoms with Crippen molar-refractivity contribution in [3.05, 3.63) is 59.7 Å². The lowest BCUT2D eigenvalue weighted by atomic mass is 10.1. The van der Waals surface area contributed by atoms with Gasteiger partial charge in [0.05, 0.1) is 11.9 Å². The molecule has 0 N–H and O–H groups in total. The van der Waals surface area contributed by atoms with Crippen molar-refractivity contribution in [1.29, 1.82) is 0 Å². The summed E-state index contributed by atoms with van der Waals surface area (Å²) >= 11 is 18.9. The molecule has 0 aromatic heterocycles.